The van der Waals surface area contributed by atoms with Crippen LogP contribution in [0, 0.1) is 0 Å². The molecule has 1 amide bonds. The van der Waals surface area contributed by atoms with Crippen molar-refractivity contribution in [1.29, 1.82) is 0 Å². The predicted molar refractivity (Wildman–Crippen MR) is 105 cm³/mol. The van der Waals surface area contributed by atoms with Gasteiger partial charge in [0.15, 0.2) is 0 Å². The van der Waals surface area contributed by atoms with Gasteiger partial charge in [0.1, 0.15) is 5.41 Å². The topological polar surface area (TPSA) is 43.1 Å². The van der Waals surface area contributed by atoms with Crippen molar-refractivity contribution in [3.8, 4) is 0 Å². The molecule has 0 bridgehead atoms. The van der Waals surface area contributed by atoms with Crippen molar-refractivity contribution in [3.63, 3.8) is 0 Å². The smallest absolute Gasteiger partial charge is 0.233 e. The Kier molecular flexibility index (Phi) is 5.56. The molecule has 0 atom stereocenters. The lowest BCUT2D eigenvalue weighted by molar-refractivity contribution is -0.121. The van der Waals surface area contributed by atoms with E-state index in [1.54, 1.807) is 11.8 Å². The summed E-state index contributed by atoms with van der Waals surface area (Å²) in [6, 6.07) is 30.0. The van der Waals surface area contributed by atoms with Crippen LogP contribution in [0.5, 0.6) is 0 Å². The number of carbonyl (C=O) groups excluding carboxylic acids is 1. The minimum atomic E-state index is -0.831. The molecule has 126 valence electrons. The molecule has 0 saturated carbocycles. The van der Waals surface area contributed by atoms with Crippen molar-refractivity contribution in [3.05, 3.63) is 108 Å². The SMILES string of the molecule is NC(=O)C(CSCc1ccccc1)(c1ccccc1)c1ccccc1. The Balaban J connectivity index is 1.95. The number of hydrogen-bond donors (Lipinski definition) is 1. The van der Waals surface area contributed by atoms with Crippen LogP contribution in [0.15, 0.2) is 91.0 Å². The normalized spacial score (nSPS) is 11.2. The van der Waals surface area contributed by atoms with Gasteiger partial charge < -0.3 is 5.73 Å². The molecule has 3 heteroatoms. The Labute approximate surface area is 153 Å². The van der Waals surface area contributed by atoms with Crippen molar-refractivity contribution < 1.29 is 4.79 Å². The molecule has 0 spiro atoms. The van der Waals surface area contributed by atoms with Gasteiger partial charge in [0.05, 0.1) is 0 Å². The molecule has 2 nitrogen and oxygen atoms in total. The average molecular weight is 347 g/mol. The molecule has 0 fully saturated rings. The van der Waals surface area contributed by atoms with Crippen molar-refractivity contribution in [2.45, 2.75) is 11.2 Å². The third-order valence-corrected chi connectivity index (χ3v) is 5.56. The van der Waals surface area contributed by atoms with Crippen LogP contribution in [0.2, 0.25) is 0 Å². The lowest BCUT2D eigenvalue weighted by Gasteiger charge is -2.31. The number of thioether (sulfide) groups is 1. The second-order valence-electron chi connectivity index (χ2n) is 5.98. The van der Waals surface area contributed by atoms with Gasteiger partial charge in [-0.05, 0) is 16.7 Å². The minimum absolute atomic E-state index is 0.314. The van der Waals surface area contributed by atoms with E-state index in [9.17, 15) is 4.79 Å². The lowest BCUT2D eigenvalue weighted by Crippen LogP contribution is -2.44. The molecule has 0 aliphatic heterocycles. The Bertz CT molecular complexity index is 764. The molecule has 3 aromatic rings. The van der Waals surface area contributed by atoms with Crippen LogP contribution in [-0.4, -0.2) is 11.7 Å². The molecule has 0 radical (unpaired) electrons. The summed E-state index contributed by atoms with van der Waals surface area (Å²) in [4.78, 5) is 12.7. The quantitative estimate of drug-likeness (QED) is 0.689. The summed E-state index contributed by atoms with van der Waals surface area (Å²) < 4.78 is 0. The van der Waals surface area contributed by atoms with Crippen LogP contribution in [0.3, 0.4) is 0 Å². The molecular formula is C22H21NOS. The monoisotopic (exact) mass is 347 g/mol. The zero-order valence-corrected chi connectivity index (χ0v) is 14.8. The third-order valence-electron chi connectivity index (χ3n) is 4.38. The second kappa shape index (κ2) is 8.04. The molecule has 25 heavy (non-hydrogen) atoms. The Morgan fingerprint density at radius 2 is 1.20 bits per heavy atom. The van der Waals surface area contributed by atoms with Gasteiger partial charge >= 0.3 is 0 Å². The molecule has 2 N–H and O–H groups in total. The second-order valence-corrected chi connectivity index (χ2v) is 6.97. The number of carbonyl (C=O) groups is 1. The number of nitrogens with two attached hydrogens (primary N) is 1. The maximum absolute atomic E-state index is 12.7. The van der Waals surface area contributed by atoms with Crippen LogP contribution >= 0.6 is 11.8 Å². The zero-order chi connectivity index (χ0) is 17.5. The fourth-order valence-electron chi connectivity index (χ4n) is 3.03. The van der Waals surface area contributed by atoms with E-state index in [0.29, 0.717) is 5.75 Å². The highest BCUT2D eigenvalue weighted by Gasteiger charge is 2.40. The molecule has 0 unspecified atom stereocenters. The van der Waals surface area contributed by atoms with Crippen molar-refractivity contribution >= 4 is 17.7 Å². The Morgan fingerprint density at radius 1 is 0.760 bits per heavy atom. The fourth-order valence-corrected chi connectivity index (χ4v) is 4.34. The van der Waals surface area contributed by atoms with Gasteiger partial charge in [0.25, 0.3) is 0 Å². The van der Waals surface area contributed by atoms with Crippen LogP contribution in [-0.2, 0) is 16.0 Å². The molecule has 3 rings (SSSR count). The number of primary amides is 1. The largest absolute Gasteiger partial charge is 0.369 e. The van der Waals surface area contributed by atoms with E-state index in [1.165, 1.54) is 5.56 Å². The summed E-state index contributed by atoms with van der Waals surface area (Å²) in [5, 5.41) is 0. The van der Waals surface area contributed by atoms with Crippen LogP contribution in [0.25, 0.3) is 0 Å². The minimum Gasteiger partial charge on any atom is -0.369 e. The lowest BCUT2D eigenvalue weighted by atomic mass is 9.75. The van der Waals surface area contributed by atoms with E-state index >= 15 is 0 Å². The van der Waals surface area contributed by atoms with E-state index < -0.39 is 5.41 Å². The van der Waals surface area contributed by atoms with E-state index in [4.69, 9.17) is 5.73 Å². The van der Waals surface area contributed by atoms with Crippen LogP contribution in [0.4, 0.5) is 0 Å². The van der Waals surface area contributed by atoms with Crippen LogP contribution in [0.1, 0.15) is 16.7 Å². The van der Waals surface area contributed by atoms with Crippen molar-refractivity contribution in [2.24, 2.45) is 5.73 Å². The summed E-state index contributed by atoms with van der Waals surface area (Å²) >= 11 is 1.73. The van der Waals surface area contributed by atoms with Gasteiger partial charge in [-0.25, -0.2) is 0 Å². The number of amides is 1. The van der Waals surface area contributed by atoms with Crippen molar-refractivity contribution in [1.82, 2.24) is 0 Å². The maximum Gasteiger partial charge on any atom is 0.233 e. The van der Waals surface area contributed by atoms with Gasteiger partial charge in [-0.2, -0.15) is 11.8 Å². The molecule has 0 saturated heterocycles. The summed E-state index contributed by atoms with van der Waals surface area (Å²) in [6.07, 6.45) is 0. The highest BCUT2D eigenvalue weighted by molar-refractivity contribution is 7.98. The van der Waals surface area contributed by atoms with E-state index in [1.807, 2.05) is 78.9 Å². The number of rotatable bonds is 7. The Hall–Kier alpha value is -2.52. The van der Waals surface area contributed by atoms with E-state index in [-0.39, 0.29) is 5.91 Å². The first-order valence-corrected chi connectivity index (χ1v) is 9.41. The molecule has 3 aromatic carbocycles. The van der Waals surface area contributed by atoms with E-state index in [2.05, 4.69) is 12.1 Å². The summed E-state index contributed by atoms with van der Waals surface area (Å²) in [5.41, 5.74) is 8.25. The number of hydrogen-bond acceptors (Lipinski definition) is 2. The average Bonchev–Trinajstić information content (AvgIpc) is 2.67. The van der Waals surface area contributed by atoms with Gasteiger partial charge in [-0.3, -0.25) is 4.79 Å². The Morgan fingerprint density at radius 3 is 1.64 bits per heavy atom. The first kappa shape index (κ1) is 17.3. The van der Waals surface area contributed by atoms with Gasteiger partial charge in [0.2, 0.25) is 5.91 Å². The first-order chi connectivity index (χ1) is 12.2. The zero-order valence-electron chi connectivity index (χ0n) is 14.0. The van der Waals surface area contributed by atoms with E-state index in [0.717, 1.165) is 16.9 Å². The number of benzene rings is 3. The maximum atomic E-state index is 12.7. The van der Waals surface area contributed by atoms with Gasteiger partial charge in [-0.15, -0.1) is 0 Å². The molecule has 0 aromatic heterocycles. The highest BCUT2D eigenvalue weighted by atomic mass is 32.2. The predicted octanol–water partition coefficient (Wildman–Crippen LogP) is 4.39. The third kappa shape index (κ3) is 3.77. The summed E-state index contributed by atoms with van der Waals surface area (Å²) in [6.45, 7) is 0. The van der Waals surface area contributed by atoms with Gasteiger partial charge in [0, 0.05) is 11.5 Å². The summed E-state index contributed by atoms with van der Waals surface area (Å²) in [7, 11) is 0. The first-order valence-electron chi connectivity index (χ1n) is 8.26. The van der Waals surface area contributed by atoms with Crippen molar-refractivity contribution in [2.75, 3.05) is 5.75 Å². The molecular weight excluding hydrogens is 326 g/mol. The van der Waals surface area contributed by atoms with Gasteiger partial charge in [-0.1, -0.05) is 91.0 Å². The standard InChI is InChI=1S/C22H21NOS/c23-21(24)22(19-12-6-2-7-13-19,20-14-8-3-9-15-20)17-25-16-18-10-4-1-5-11-18/h1-15H,16-17H2,(H2,23,24). The molecule has 0 heterocycles. The molecule has 0 aliphatic carbocycles. The fraction of sp³-hybridized carbons (Fsp3) is 0.136. The summed E-state index contributed by atoms with van der Waals surface area (Å²) in [5.74, 6) is 1.13. The van der Waals surface area contributed by atoms with Crippen LogP contribution < -0.4 is 5.73 Å². The molecule has 0 aliphatic rings. The highest BCUT2D eigenvalue weighted by Crippen LogP contribution is 2.36.